The summed E-state index contributed by atoms with van der Waals surface area (Å²) >= 11 is 0. The van der Waals surface area contributed by atoms with Gasteiger partial charge in [-0.25, -0.2) is 13.4 Å². The molecule has 0 aromatic carbocycles. The number of hydrogen-bond acceptors (Lipinski definition) is 4. The van der Waals surface area contributed by atoms with Gasteiger partial charge in [-0.05, 0) is 25.5 Å². The number of unbranched alkanes of at least 4 members (excludes halogenated alkanes) is 1. The summed E-state index contributed by atoms with van der Waals surface area (Å²) in [5.41, 5.74) is 0.503. The molecule has 0 aliphatic heterocycles. The second kappa shape index (κ2) is 6.44. The number of nitrogens with zero attached hydrogens (tertiary/aromatic N) is 1. The van der Waals surface area contributed by atoms with Crippen LogP contribution in [-0.2, 0) is 10.0 Å². The second-order valence-corrected chi connectivity index (χ2v) is 5.58. The standard InChI is InChI=1S/C11H19N3O2S/c1-3-5-8-17(15,16)14-10-6-7-11(12-4-2)13-9-10/h6-7,9,14H,3-5,8H2,1-2H3,(H,12,13). The van der Waals surface area contributed by atoms with Crippen LogP contribution in [0.3, 0.4) is 0 Å². The van der Waals surface area contributed by atoms with E-state index in [0.29, 0.717) is 12.1 Å². The fourth-order valence-electron chi connectivity index (χ4n) is 1.30. The van der Waals surface area contributed by atoms with Crippen molar-refractivity contribution in [3.63, 3.8) is 0 Å². The van der Waals surface area contributed by atoms with Crippen LogP contribution < -0.4 is 10.0 Å². The Kier molecular flexibility index (Phi) is 5.21. The molecule has 0 aliphatic rings. The average molecular weight is 257 g/mol. The highest BCUT2D eigenvalue weighted by Gasteiger charge is 2.09. The first-order chi connectivity index (χ1) is 8.07. The molecule has 0 aliphatic carbocycles. The lowest BCUT2D eigenvalue weighted by molar-refractivity contribution is 0.598. The maximum Gasteiger partial charge on any atom is 0.232 e. The van der Waals surface area contributed by atoms with Crippen molar-refractivity contribution in [3.05, 3.63) is 18.3 Å². The third kappa shape index (κ3) is 5.04. The van der Waals surface area contributed by atoms with Crippen molar-refractivity contribution in [3.8, 4) is 0 Å². The maximum absolute atomic E-state index is 11.6. The zero-order valence-electron chi connectivity index (χ0n) is 10.2. The Hall–Kier alpha value is -1.30. The van der Waals surface area contributed by atoms with Crippen LogP contribution in [0.1, 0.15) is 26.7 Å². The SMILES string of the molecule is CCCCS(=O)(=O)Nc1ccc(NCC)nc1. The molecule has 0 atom stereocenters. The predicted molar refractivity (Wildman–Crippen MR) is 70.7 cm³/mol. The molecule has 0 radical (unpaired) electrons. The van der Waals surface area contributed by atoms with Gasteiger partial charge in [-0.15, -0.1) is 0 Å². The fourth-order valence-corrected chi connectivity index (χ4v) is 2.56. The summed E-state index contributed by atoms with van der Waals surface area (Å²) in [4.78, 5) is 4.09. The Morgan fingerprint density at radius 3 is 2.59 bits per heavy atom. The van der Waals surface area contributed by atoms with E-state index in [9.17, 15) is 8.42 Å². The summed E-state index contributed by atoms with van der Waals surface area (Å²) in [7, 11) is -3.23. The predicted octanol–water partition coefficient (Wildman–Crippen LogP) is 2.06. The van der Waals surface area contributed by atoms with Gasteiger partial charge in [-0.1, -0.05) is 13.3 Å². The van der Waals surface area contributed by atoms with Crippen LogP contribution in [-0.4, -0.2) is 25.7 Å². The molecule has 1 heterocycles. The van der Waals surface area contributed by atoms with Gasteiger partial charge in [0.15, 0.2) is 0 Å². The Labute approximate surface area is 103 Å². The Morgan fingerprint density at radius 2 is 2.06 bits per heavy atom. The minimum atomic E-state index is -3.23. The molecule has 0 fully saturated rings. The molecule has 0 saturated heterocycles. The second-order valence-electron chi connectivity index (χ2n) is 3.74. The normalized spacial score (nSPS) is 11.2. The van der Waals surface area contributed by atoms with Crippen LogP contribution in [0.4, 0.5) is 11.5 Å². The first kappa shape index (κ1) is 13.8. The molecule has 0 spiro atoms. The van der Waals surface area contributed by atoms with Gasteiger partial charge in [0, 0.05) is 6.54 Å². The highest BCUT2D eigenvalue weighted by molar-refractivity contribution is 7.92. The number of rotatable bonds is 7. The zero-order valence-corrected chi connectivity index (χ0v) is 11.0. The number of sulfonamides is 1. The molecule has 0 unspecified atom stereocenters. The largest absolute Gasteiger partial charge is 0.370 e. The number of aromatic nitrogens is 1. The molecule has 1 aromatic rings. The highest BCUT2D eigenvalue weighted by Crippen LogP contribution is 2.11. The van der Waals surface area contributed by atoms with E-state index < -0.39 is 10.0 Å². The van der Waals surface area contributed by atoms with Crippen LogP contribution in [0.15, 0.2) is 18.3 Å². The quantitative estimate of drug-likeness (QED) is 0.784. The van der Waals surface area contributed by atoms with Crippen LogP contribution in [0.25, 0.3) is 0 Å². The van der Waals surface area contributed by atoms with Gasteiger partial charge in [0.25, 0.3) is 0 Å². The van der Waals surface area contributed by atoms with Crippen LogP contribution in [0, 0.1) is 0 Å². The highest BCUT2D eigenvalue weighted by atomic mass is 32.2. The van der Waals surface area contributed by atoms with E-state index in [2.05, 4.69) is 15.0 Å². The topological polar surface area (TPSA) is 71.1 Å². The molecular weight excluding hydrogens is 238 g/mol. The Morgan fingerprint density at radius 1 is 1.29 bits per heavy atom. The lowest BCUT2D eigenvalue weighted by Gasteiger charge is -2.08. The summed E-state index contributed by atoms with van der Waals surface area (Å²) in [6.07, 6.45) is 3.04. The molecule has 6 heteroatoms. The zero-order chi connectivity index (χ0) is 12.7. The van der Waals surface area contributed by atoms with E-state index in [1.807, 2.05) is 13.8 Å². The van der Waals surface area contributed by atoms with Crippen molar-refractivity contribution in [2.75, 3.05) is 22.3 Å². The van der Waals surface area contributed by atoms with Crippen LogP contribution in [0.5, 0.6) is 0 Å². The maximum atomic E-state index is 11.6. The van der Waals surface area contributed by atoms with Gasteiger partial charge in [-0.2, -0.15) is 0 Å². The monoisotopic (exact) mass is 257 g/mol. The lowest BCUT2D eigenvalue weighted by Crippen LogP contribution is -2.16. The van der Waals surface area contributed by atoms with E-state index in [1.54, 1.807) is 12.1 Å². The minimum Gasteiger partial charge on any atom is -0.370 e. The van der Waals surface area contributed by atoms with Crippen molar-refractivity contribution in [2.45, 2.75) is 26.7 Å². The van der Waals surface area contributed by atoms with Gasteiger partial charge < -0.3 is 5.32 Å². The van der Waals surface area contributed by atoms with Crippen molar-refractivity contribution >= 4 is 21.5 Å². The summed E-state index contributed by atoms with van der Waals surface area (Å²) < 4.78 is 25.7. The summed E-state index contributed by atoms with van der Waals surface area (Å²) in [5.74, 6) is 0.891. The summed E-state index contributed by atoms with van der Waals surface area (Å²) in [5, 5.41) is 3.04. The van der Waals surface area contributed by atoms with E-state index in [1.165, 1.54) is 6.20 Å². The number of anilines is 2. The number of pyridine rings is 1. The van der Waals surface area contributed by atoms with Gasteiger partial charge in [-0.3, -0.25) is 4.72 Å². The lowest BCUT2D eigenvalue weighted by atomic mass is 10.4. The number of hydrogen-bond donors (Lipinski definition) is 2. The Bertz CT molecular complexity index is 429. The molecule has 0 amide bonds. The van der Waals surface area contributed by atoms with E-state index in [-0.39, 0.29) is 5.75 Å². The average Bonchev–Trinajstić information content (AvgIpc) is 2.29. The molecule has 17 heavy (non-hydrogen) atoms. The van der Waals surface area contributed by atoms with Crippen molar-refractivity contribution < 1.29 is 8.42 Å². The van der Waals surface area contributed by atoms with Crippen molar-refractivity contribution in [2.24, 2.45) is 0 Å². The third-order valence-electron chi connectivity index (χ3n) is 2.16. The number of nitrogens with one attached hydrogen (secondary N) is 2. The summed E-state index contributed by atoms with van der Waals surface area (Å²) in [6.45, 7) is 4.72. The van der Waals surface area contributed by atoms with Crippen LogP contribution >= 0.6 is 0 Å². The molecule has 1 aromatic heterocycles. The minimum absolute atomic E-state index is 0.151. The Balaban J connectivity index is 2.62. The smallest absolute Gasteiger partial charge is 0.232 e. The fraction of sp³-hybridized carbons (Fsp3) is 0.545. The van der Waals surface area contributed by atoms with Gasteiger partial charge >= 0.3 is 0 Å². The van der Waals surface area contributed by atoms with Crippen molar-refractivity contribution in [1.82, 2.24) is 4.98 Å². The first-order valence-electron chi connectivity index (χ1n) is 5.78. The van der Waals surface area contributed by atoms with E-state index in [0.717, 1.165) is 18.8 Å². The third-order valence-corrected chi connectivity index (χ3v) is 3.53. The van der Waals surface area contributed by atoms with Crippen LogP contribution in [0.2, 0.25) is 0 Å². The molecule has 0 bridgehead atoms. The molecule has 1 rings (SSSR count). The van der Waals surface area contributed by atoms with E-state index in [4.69, 9.17) is 0 Å². The molecule has 96 valence electrons. The summed E-state index contributed by atoms with van der Waals surface area (Å²) in [6, 6.07) is 3.45. The molecule has 5 nitrogen and oxygen atoms in total. The molecule has 0 saturated carbocycles. The van der Waals surface area contributed by atoms with Gasteiger partial charge in [0.2, 0.25) is 10.0 Å². The molecule has 2 N–H and O–H groups in total. The van der Waals surface area contributed by atoms with Crippen molar-refractivity contribution in [1.29, 1.82) is 0 Å². The molecular formula is C11H19N3O2S. The van der Waals surface area contributed by atoms with Gasteiger partial charge in [0.1, 0.15) is 5.82 Å². The van der Waals surface area contributed by atoms with E-state index >= 15 is 0 Å². The first-order valence-corrected chi connectivity index (χ1v) is 7.43. The van der Waals surface area contributed by atoms with Gasteiger partial charge in [0.05, 0.1) is 17.6 Å².